The first kappa shape index (κ1) is 16.2. The van der Waals surface area contributed by atoms with Crippen molar-refractivity contribution in [2.75, 3.05) is 11.4 Å². The molecule has 2 aromatic carbocycles. The molecule has 3 aromatic rings. The third-order valence-electron chi connectivity index (χ3n) is 5.03. The fourth-order valence-corrected chi connectivity index (χ4v) is 4.44. The quantitative estimate of drug-likeness (QED) is 0.726. The zero-order valence-electron chi connectivity index (χ0n) is 14.8. The van der Waals surface area contributed by atoms with E-state index in [1.54, 1.807) is 11.3 Å². The van der Waals surface area contributed by atoms with Crippen LogP contribution in [0.4, 0.5) is 16.2 Å². The Kier molecular flexibility index (Phi) is 3.79. The van der Waals surface area contributed by atoms with Crippen LogP contribution in [0.15, 0.2) is 52.8 Å². The first-order valence-electron chi connectivity index (χ1n) is 8.94. The third-order valence-corrected chi connectivity index (χ3v) is 6.04. The number of rotatable bonds is 3. The van der Waals surface area contributed by atoms with Gasteiger partial charge in [0.2, 0.25) is 0 Å². The number of carbonyl (C=O) groups is 1. The van der Waals surface area contributed by atoms with Crippen LogP contribution >= 0.6 is 11.3 Å². The molecule has 1 aromatic heterocycles. The zero-order valence-corrected chi connectivity index (χ0v) is 15.7. The molecule has 3 heterocycles. The number of nitrogens with one attached hydrogen (secondary N) is 1. The maximum atomic E-state index is 12.5. The van der Waals surface area contributed by atoms with E-state index in [1.807, 2.05) is 30.2 Å². The van der Waals surface area contributed by atoms with Crippen molar-refractivity contribution in [3.63, 3.8) is 0 Å². The Labute approximate surface area is 161 Å². The Morgan fingerprint density at radius 2 is 2.04 bits per heavy atom. The minimum absolute atomic E-state index is 0.0342. The normalized spacial score (nSPS) is 18.0. The standard InChI is InChI=1S/C21H18N4OS/c1-13-12-27-20(24-13)16-4-2-15(3-5-16)19-11-23-21(26)25(19)17-7-6-14-8-9-22-18(14)10-17/h2-7,9-10,12,19H,8,11H2,1H3,(H,23,26). The monoisotopic (exact) mass is 374 g/mol. The van der Waals surface area contributed by atoms with E-state index < -0.39 is 0 Å². The molecule has 6 heteroatoms. The first-order chi connectivity index (χ1) is 13.2. The van der Waals surface area contributed by atoms with Crippen LogP contribution in [-0.4, -0.2) is 23.8 Å². The molecule has 0 bridgehead atoms. The summed E-state index contributed by atoms with van der Waals surface area (Å²) in [4.78, 5) is 23.3. The molecule has 1 unspecified atom stereocenters. The lowest BCUT2D eigenvalue weighted by atomic mass is 10.0. The molecule has 2 amide bonds. The Hall–Kier alpha value is -2.99. The van der Waals surface area contributed by atoms with E-state index in [2.05, 4.69) is 51.0 Å². The number of anilines is 1. The Balaban J connectivity index is 1.46. The average molecular weight is 374 g/mol. The van der Waals surface area contributed by atoms with Gasteiger partial charge in [-0.15, -0.1) is 11.3 Å². The number of hydrogen-bond donors (Lipinski definition) is 1. The largest absolute Gasteiger partial charge is 0.335 e. The summed E-state index contributed by atoms with van der Waals surface area (Å²) in [5, 5.41) is 6.05. The fourth-order valence-electron chi connectivity index (χ4n) is 3.64. The van der Waals surface area contributed by atoms with E-state index >= 15 is 0 Å². The summed E-state index contributed by atoms with van der Waals surface area (Å²) in [5.74, 6) is 0. The Morgan fingerprint density at radius 1 is 1.19 bits per heavy atom. The predicted molar refractivity (Wildman–Crippen MR) is 109 cm³/mol. The van der Waals surface area contributed by atoms with Crippen LogP contribution in [0.3, 0.4) is 0 Å². The molecule has 0 radical (unpaired) electrons. The summed E-state index contributed by atoms with van der Waals surface area (Å²) in [7, 11) is 0. The smallest absolute Gasteiger partial charge is 0.322 e. The van der Waals surface area contributed by atoms with Gasteiger partial charge in [-0.3, -0.25) is 9.89 Å². The summed E-state index contributed by atoms with van der Waals surface area (Å²) in [6, 6.07) is 14.3. The van der Waals surface area contributed by atoms with Gasteiger partial charge in [0, 0.05) is 41.5 Å². The first-order valence-corrected chi connectivity index (χ1v) is 9.82. The van der Waals surface area contributed by atoms with Gasteiger partial charge in [-0.05, 0) is 30.2 Å². The summed E-state index contributed by atoms with van der Waals surface area (Å²) in [6.45, 7) is 2.59. The van der Waals surface area contributed by atoms with Gasteiger partial charge in [-0.25, -0.2) is 9.78 Å². The lowest BCUT2D eigenvalue weighted by Crippen LogP contribution is -2.29. The molecule has 5 rings (SSSR count). The molecule has 2 aliphatic rings. The Bertz CT molecular complexity index is 1050. The summed E-state index contributed by atoms with van der Waals surface area (Å²) >= 11 is 1.65. The van der Waals surface area contributed by atoms with Crippen molar-refractivity contribution in [1.82, 2.24) is 10.3 Å². The minimum atomic E-state index is -0.0680. The molecule has 1 saturated heterocycles. The maximum absolute atomic E-state index is 12.5. The van der Waals surface area contributed by atoms with E-state index in [0.717, 1.165) is 39.6 Å². The SMILES string of the molecule is Cc1csc(-c2ccc(C3CNC(=O)N3c3ccc4c(c3)N=CC4)cc2)n1. The zero-order chi connectivity index (χ0) is 18.4. The molecule has 1 fully saturated rings. The van der Waals surface area contributed by atoms with E-state index in [4.69, 9.17) is 0 Å². The van der Waals surface area contributed by atoms with Crippen LogP contribution in [0, 0.1) is 6.92 Å². The van der Waals surface area contributed by atoms with Gasteiger partial charge in [-0.1, -0.05) is 30.3 Å². The highest BCUT2D eigenvalue weighted by molar-refractivity contribution is 7.13. The number of benzene rings is 2. The molecule has 0 spiro atoms. The van der Waals surface area contributed by atoms with Crippen molar-refractivity contribution in [2.45, 2.75) is 19.4 Å². The van der Waals surface area contributed by atoms with Crippen LogP contribution in [0.25, 0.3) is 10.6 Å². The van der Waals surface area contributed by atoms with E-state index in [0.29, 0.717) is 6.54 Å². The number of urea groups is 1. The van der Waals surface area contributed by atoms with Crippen LogP contribution in [-0.2, 0) is 6.42 Å². The summed E-state index contributed by atoms with van der Waals surface area (Å²) < 4.78 is 0. The van der Waals surface area contributed by atoms with Crippen molar-refractivity contribution in [2.24, 2.45) is 4.99 Å². The van der Waals surface area contributed by atoms with Crippen molar-refractivity contribution in [3.8, 4) is 10.6 Å². The van der Waals surface area contributed by atoms with E-state index in [-0.39, 0.29) is 12.1 Å². The van der Waals surface area contributed by atoms with Crippen LogP contribution < -0.4 is 10.2 Å². The highest BCUT2D eigenvalue weighted by Crippen LogP contribution is 2.36. The molecule has 5 nitrogen and oxygen atoms in total. The second kappa shape index (κ2) is 6.32. The van der Waals surface area contributed by atoms with Gasteiger partial charge in [0.05, 0.1) is 11.7 Å². The maximum Gasteiger partial charge on any atom is 0.322 e. The molecular weight excluding hydrogens is 356 g/mol. The molecule has 0 aliphatic carbocycles. The fraction of sp³-hybridized carbons (Fsp3) is 0.190. The summed E-state index contributed by atoms with van der Waals surface area (Å²) in [6.07, 6.45) is 2.78. The summed E-state index contributed by atoms with van der Waals surface area (Å²) in [5.41, 5.74) is 6.29. The number of nitrogens with zero attached hydrogens (tertiary/aromatic N) is 3. The second-order valence-electron chi connectivity index (χ2n) is 6.82. The van der Waals surface area contributed by atoms with Crippen molar-refractivity contribution >= 4 is 35.0 Å². The lowest BCUT2D eigenvalue weighted by molar-refractivity contribution is 0.251. The van der Waals surface area contributed by atoms with Gasteiger partial charge in [-0.2, -0.15) is 0 Å². The molecule has 0 saturated carbocycles. The minimum Gasteiger partial charge on any atom is -0.335 e. The predicted octanol–water partition coefficient (Wildman–Crippen LogP) is 4.65. The number of aromatic nitrogens is 1. The number of aliphatic imine (C=N–C) groups is 1. The number of amides is 2. The van der Waals surface area contributed by atoms with E-state index in [9.17, 15) is 4.79 Å². The third kappa shape index (κ3) is 2.82. The molecular formula is C21H18N4OS. The highest BCUT2D eigenvalue weighted by Gasteiger charge is 2.33. The molecule has 1 atom stereocenters. The Morgan fingerprint density at radius 3 is 2.81 bits per heavy atom. The van der Waals surface area contributed by atoms with Crippen LogP contribution in [0.2, 0.25) is 0 Å². The van der Waals surface area contributed by atoms with Crippen molar-refractivity contribution in [1.29, 1.82) is 0 Å². The van der Waals surface area contributed by atoms with Gasteiger partial charge in [0.15, 0.2) is 0 Å². The van der Waals surface area contributed by atoms with Gasteiger partial charge < -0.3 is 5.32 Å². The number of carbonyl (C=O) groups excluding carboxylic acids is 1. The topological polar surface area (TPSA) is 57.6 Å². The van der Waals surface area contributed by atoms with Gasteiger partial charge in [0.1, 0.15) is 5.01 Å². The van der Waals surface area contributed by atoms with E-state index in [1.165, 1.54) is 5.56 Å². The number of aryl methyl sites for hydroxylation is 1. The second-order valence-corrected chi connectivity index (χ2v) is 7.67. The number of hydrogen-bond acceptors (Lipinski definition) is 4. The molecule has 27 heavy (non-hydrogen) atoms. The van der Waals surface area contributed by atoms with Gasteiger partial charge >= 0.3 is 6.03 Å². The van der Waals surface area contributed by atoms with Crippen LogP contribution in [0.1, 0.15) is 22.9 Å². The molecule has 134 valence electrons. The highest BCUT2D eigenvalue weighted by atomic mass is 32.1. The number of thiazole rings is 1. The van der Waals surface area contributed by atoms with Crippen molar-refractivity contribution < 1.29 is 4.79 Å². The average Bonchev–Trinajstić information content (AvgIpc) is 3.41. The number of fused-ring (bicyclic) bond motifs is 1. The lowest BCUT2D eigenvalue weighted by Gasteiger charge is -2.24. The van der Waals surface area contributed by atoms with Crippen LogP contribution in [0.5, 0.6) is 0 Å². The molecule has 2 aliphatic heterocycles. The molecule has 1 N–H and O–H groups in total. The van der Waals surface area contributed by atoms with Gasteiger partial charge in [0.25, 0.3) is 0 Å². The van der Waals surface area contributed by atoms with Crippen molar-refractivity contribution in [3.05, 3.63) is 64.7 Å².